The zero-order valence-electron chi connectivity index (χ0n) is 26.1. The van der Waals surface area contributed by atoms with Gasteiger partial charge in [0.1, 0.15) is 0 Å². The Morgan fingerprint density at radius 1 is 0.605 bits per heavy atom. The van der Waals surface area contributed by atoms with Gasteiger partial charge in [-0.15, -0.1) is 0 Å². The summed E-state index contributed by atoms with van der Waals surface area (Å²) in [6.07, 6.45) is 30.8. The van der Waals surface area contributed by atoms with E-state index in [0.29, 0.717) is 11.5 Å². The van der Waals surface area contributed by atoms with Crippen LogP contribution in [0, 0.1) is 5.92 Å². The lowest BCUT2D eigenvalue weighted by atomic mass is 9.84. The van der Waals surface area contributed by atoms with Crippen molar-refractivity contribution in [1.29, 1.82) is 0 Å². The van der Waals surface area contributed by atoms with Gasteiger partial charge in [0.25, 0.3) is 0 Å². The number of aromatic carboxylic acids is 1. The molecule has 1 unspecified atom stereocenters. The Morgan fingerprint density at radius 3 is 1.58 bits per heavy atom. The molecule has 0 spiro atoms. The van der Waals surface area contributed by atoms with Gasteiger partial charge in [0.2, 0.25) is 0 Å². The van der Waals surface area contributed by atoms with E-state index in [1.165, 1.54) is 140 Å². The third-order valence-electron chi connectivity index (χ3n) is 8.44. The Kier molecular flexibility index (Phi) is 21.5. The highest BCUT2D eigenvalue weighted by atomic mass is 16.4. The van der Waals surface area contributed by atoms with Crippen LogP contribution in [0.1, 0.15) is 190 Å². The van der Waals surface area contributed by atoms with E-state index in [9.17, 15) is 9.90 Å². The maximum absolute atomic E-state index is 12.2. The van der Waals surface area contributed by atoms with Crippen molar-refractivity contribution in [1.82, 2.24) is 0 Å². The molecule has 0 aliphatic carbocycles. The summed E-state index contributed by atoms with van der Waals surface area (Å²) in [4.78, 5) is 12.2. The monoisotopic (exact) mass is 528 g/mol. The van der Waals surface area contributed by atoms with Gasteiger partial charge in [0.05, 0.1) is 5.56 Å². The van der Waals surface area contributed by atoms with Crippen LogP contribution in [-0.4, -0.2) is 11.1 Å². The second kappa shape index (κ2) is 23.6. The minimum atomic E-state index is -0.745. The lowest BCUT2D eigenvalue weighted by Gasteiger charge is -2.21. The number of hydrogen-bond acceptors (Lipinski definition) is 1. The summed E-state index contributed by atoms with van der Waals surface area (Å²) in [5, 5.41) is 10.0. The van der Waals surface area contributed by atoms with Gasteiger partial charge in [-0.3, -0.25) is 0 Å². The second-order valence-corrected chi connectivity index (χ2v) is 12.1. The molecule has 38 heavy (non-hydrogen) atoms. The van der Waals surface area contributed by atoms with E-state index in [-0.39, 0.29) is 0 Å². The highest BCUT2D eigenvalue weighted by molar-refractivity contribution is 5.90. The molecular weight excluding hydrogens is 464 g/mol. The SMILES string of the molecule is CCCCCCCCCCCCC(C)Cc1c(CCCC)ccc(C(=O)O)c1CCCCCCCCCC. The maximum atomic E-state index is 12.2. The van der Waals surface area contributed by atoms with E-state index in [2.05, 4.69) is 33.8 Å². The summed E-state index contributed by atoms with van der Waals surface area (Å²) < 4.78 is 0. The zero-order chi connectivity index (χ0) is 27.8. The molecule has 1 aromatic carbocycles. The summed E-state index contributed by atoms with van der Waals surface area (Å²) in [5.41, 5.74) is 4.53. The predicted octanol–water partition coefficient (Wildman–Crippen LogP) is 11.9. The minimum absolute atomic E-state index is 0.564. The van der Waals surface area contributed by atoms with Crippen molar-refractivity contribution < 1.29 is 9.90 Å². The third-order valence-corrected chi connectivity index (χ3v) is 8.44. The van der Waals surface area contributed by atoms with Crippen LogP contribution in [0.2, 0.25) is 0 Å². The molecule has 0 radical (unpaired) electrons. The summed E-state index contributed by atoms with van der Waals surface area (Å²) in [6, 6.07) is 4.04. The number of unbranched alkanes of at least 4 members (excludes halogenated alkanes) is 17. The van der Waals surface area contributed by atoms with Crippen molar-refractivity contribution in [2.24, 2.45) is 5.92 Å². The minimum Gasteiger partial charge on any atom is -0.478 e. The lowest BCUT2D eigenvalue weighted by molar-refractivity contribution is 0.0695. The lowest BCUT2D eigenvalue weighted by Crippen LogP contribution is -2.12. The molecule has 0 aliphatic heterocycles. The van der Waals surface area contributed by atoms with Crippen LogP contribution in [0.4, 0.5) is 0 Å². The van der Waals surface area contributed by atoms with Gasteiger partial charge in [-0.25, -0.2) is 4.79 Å². The summed E-state index contributed by atoms with van der Waals surface area (Å²) in [7, 11) is 0. The average Bonchev–Trinajstić information content (AvgIpc) is 2.90. The van der Waals surface area contributed by atoms with Crippen LogP contribution in [0.15, 0.2) is 12.1 Å². The van der Waals surface area contributed by atoms with E-state index in [1.54, 1.807) is 0 Å². The summed E-state index contributed by atoms with van der Waals surface area (Å²) in [6.45, 7) is 9.20. The molecular formula is C36H64O2. The molecule has 0 aliphatic rings. The van der Waals surface area contributed by atoms with Crippen molar-refractivity contribution in [2.75, 3.05) is 0 Å². The number of carboxylic acids is 1. The van der Waals surface area contributed by atoms with Gasteiger partial charge >= 0.3 is 5.97 Å². The van der Waals surface area contributed by atoms with E-state index < -0.39 is 5.97 Å². The first-order chi connectivity index (χ1) is 18.5. The molecule has 0 saturated carbocycles. The smallest absolute Gasteiger partial charge is 0.335 e. The first-order valence-electron chi connectivity index (χ1n) is 16.9. The van der Waals surface area contributed by atoms with Crippen LogP contribution in [-0.2, 0) is 19.3 Å². The predicted molar refractivity (Wildman–Crippen MR) is 168 cm³/mol. The topological polar surface area (TPSA) is 37.3 Å². The summed E-state index contributed by atoms with van der Waals surface area (Å²) >= 11 is 0. The van der Waals surface area contributed by atoms with E-state index in [4.69, 9.17) is 0 Å². The van der Waals surface area contributed by atoms with Gasteiger partial charge in [-0.2, -0.15) is 0 Å². The average molecular weight is 529 g/mol. The molecule has 1 atom stereocenters. The molecule has 0 saturated heterocycles. The number of hydrogen-bond donors (Lipinski definition) is 1. The molecule has 1 aromatic rings. The molecule has 0 heterocycles. The number of rotatable bonds is 26. The van der Waals surface area contributed by atoms with Crippen molar-refractivity contribution in [2.45, 2.75) is 182 Å². The van der Waals surface area contributed by atoms with E-state index >= 15 is 0 Å². The highest BCUT2D eigenvalue weighted by Crippen LogP contribution is 2.28. The van der Waals surface area contributed by atoms with Crippen molar-refractivity contribution in [3.63, 3.8) is 0 Å². The molecule has 0 fully saturated rings. The zero-order valence-corrected chi connectivity index (χ0v) is 26.1. The normalized spacial score (nSPS) is 12.2. The Hall–Kier alpha value is -1.31. The Morgan fingerprint density at radius 2 is 1.08 bits per heavy atom. The fourth-order valence-electron chi connectivity index (χ4n) is 5.95. The molecule has 0 bridgehead atoms. The Balaban J connectivity index is 2.65. The standard InChI is InChI=1S/C36H64O2/c1-5-8-11-13-15-17-18-19-21-23-25-31(4)30-35-32(26-10-7-3)28-29-34(36(37)38)33(35)27-24-22-20-16-14-12-9-6-2/h28-29,31H,5-27,30H2,1-4H3,(H,37,38). The Bertz CT molecular complexity index is 708. The molecule has 2 nitrogen and oxygen atoms in total. The number of benzene rings is 1. The fourth-order valence-corrected chi connectivity index (χ4v) is 5.95. The molecule has 2 heteroatoms. The second-order valence-electron chi connectivity index (χ2n) is 12.1. The number of carboxylic acid groups (broad SMARTS) is 1. The van der Waals surface area contributed by atoms with Gasteiger partial charge in [0.15, 0.2) is 0 Å². The maximum Gasteiger partial charge on any atom is 0.335 e. The van der Waals surface area contributed by atoms with Gasteiger partial charge in [-0.05, 0) is 60.8 Å². The van der Waals surface area contributed by atoms with Crippen LogP contribution in [0.3, 0.4) is 0 Å². The molecule has 220 valence electrons. The van der Waals surface area contributed by atoms with Gasteiger partial charge in [0, 0.05) is 0 Å². The van der Waals surface area contributed by atoms with E-state index in [1.807, 2.05) is 6.07 Å². The first kappa shape index (κ1) is 34.7. The summed E-state index contributed by atoms with van der Waals surface area (Å²) in [5.74, 6) is -0.129. The molecule has 1 rings (SSSR count). The molecule has 0 aromatic heterocycles. The third kappa shape index (κ3) is 15.9. The van der Waals surface area contributed by atoms with Crippen LogP contribution in [0.25, 0.3) is 0 Å². The van der Waals surface area contributed by atoms with Crippen LogP contribution < -0.4 is 0 Å². The molecule has 0 amide bonds. The quantitative estimate of drug-likeness (QED) is 0.121. The Labute approximate surface area is 237 Å². The van der Waals surface area contributed by atoms with Crippen molar-refractivity contribution in [3.05, 3.63) is 34.4 Å². The van der Waals surface area contributed by atoms with Crippen molar-refractivity contribution >= 4 is 5.97 Å². The van der Waals surface area contributed by atoms with Gasteiger partial charge in [-0.1, -0.05) is 156 Å². The number of aryl methyl sites for hydroxylation is 1. The van der Waals surface area contributed by atoms with E-state index in [0.717, 1.165) is 31.2 Å². The van der Waals surface area contributed by atoms with Crippen LogP contribution in [0.5, 0.6) is 0 Å². The largest absolute Gasteiger partial charge is 0.478 e. The van der Waals surface area contributed by atoms with Crippen LogP contribution >= 0.6 is 0 Å². The number of carbonyl (C=O) groups is 1. The van der Waals surface area contributed by atoms with Crippen molar-refractivity contribution in [3.8, 4) is 0 Å². The molecule has 1 N–H and O–H groups in total. The van der Waals surface area contributed by atoms with Gasteiger partial charge < -0.3 is 5.11 Å². The fraction of sp³-hybridized carbons (Fsp3) is 0.806. The highest BCUT2D eigenvalue weighted by Gasteiger charge is 2.19. The first-order valence-corrected chi connectivity index (χ1v) is 16.9.